The average Bonchev–Trinajstić information content (AvgIpc) is 3.02. The largest absolute Gasteiger partial charge is 0.255 e. The summed E-state index contributed by atoms with van der Waals surface area (Å²) in [6, 6.07) is 20.4. The van der Waals surface area contributed by atoms with Gasteiger partial charge in [0.25, 0.3) is 0 Å². The van der Waals surface area contributed by atoms with Crippen LogP contribution < -0.4 is 0 Å². The van der Waals surface area contributed by atoms with Crippen LogP contribution in [0.2, 0.25) is 5.02 Å². The smallest absolute Gasteiger partial charge is 0.0935 e. The van der Waals surface area contributed by atoms with Gasteiger partial charge in [-0.3, -0.25) is 4.98 Å². The number of halogens is 1. The summed E-state index contributed by atoms with van der Waals surface area (Å²) in [5.74, 6) is 0. The van der Waals surface area contributed by atoms with Crippen LogP contribution in [0.3, 0.4) is 0 Å². The Morgan fingerprint density at radius 1 is 0.917 bits per heavy atom. The number of aromatic nitrogens is 2. The molecule has 0 fully saturated rings. The quantitative estimate of drug-likeness (QED) is 0.405. The molecule has 4 aromatic rings. The molecule has 0 amide bonds. The van der Waals surface area contributed by atoms with Gasteiger partial charge in [-0.2, -0.15) is 0 Å². The number of nitrogens with zero attached hydrogens (tertiary/aromatic N) is 2. The number of hydrogen-bond acceptors (Lipinski definition) is 2. The monoisotopic (exact) mass is 328 g/mol. The molecule has 24 heavy (non-hydrogen) atoms. The molecule has 0 N–H and O–H groups in total. The van der Waals surface area contributed by atoms with Crippen molar-refractivity contribution >= 4 is 22.5 Å². The Balaban J connectivity index is 1.92. The Hall–Kier alpha value is -2.71. The van der Waals surface area contributed by atoms with Crippen LogP contribution in [0.25, 0.3) is 33.4 Å². The maximum Gasteiger partial charge on any atom is 0.0935 e. The molecule has 2 aromatic carbocycles. The predicted octanol–water partition coefficient (Wildman–Crippen LogP) is 5.52. The average molecular weight is 329 g/mol. The topological polar surface area (TPSA) is 25.8 Å². The molecule has 2 nitrogen and oxygen atoms in total. The molecule has 2 aromatic heterocycles. The van der Waals surface area contributed by atoms with Crippen LogP contribution in [-0.4, -0.2) is 9.97 Å². The Morgan fingerprint density at radius 3 is 2.67 bits per heavy atom. The minimum absolute atomic E-state index is 0.737. The summed E-state index contributed by atoms with van der Waals surface area (Å²) in [6.07, 6.45) is 2.70. The molecule has 0 unspecified atom stereocenters. The van der Waals surface area contributed by atoms with Crippen molar-refractivity contribution < 1.29 is 0 Å². The summed E-state index contributed by atoms with van der Waals surface area (Å²) < 4.78 is 0. The van der Waals surface area contributed by atoms with E-state index in [2.05, 4.69) is 29.2 Å². The molecule has 0 atom stereocenters. The fourth-order valence-electron chi connectivity index (χ4n) is 3.58. The van der Waals surface area contributed by atoms with Crippen molar-refractivity contribution in [2.24, 2.45) is 0 Å². The van der Waals surface area contributed by atoms with Crippen molar-refractivity contribution in [2.45, 2.75) is 6.42 Å². The normalized spacial score (nSPS) is 12.2. The maximum absolute atomic E-state index is 6.26. The van der Waals surface area contributed by atoms with Gasteiger partial charge < -0.3 is 0 Å². The lowest BCUT2D eigenvalue weighted by atomic mass is 9.98. The van der Waals surface area contributed by atoms with Gasteiger partial charge in [0.15, 0.2) is 0 Å². The highest BCUT2D eigenvalue weighted by molar-refractivity contribution is 6.31. The van der Waals surface area contributed by atoms with Crippen molar-refractivity contribution in [1.29, 1.82) is 0 Å². The second-order valence-electron chi connectivity index (χ2n) is 6.02. The fraction of sp³-hybridized carbons (Fsp3) is 0.0476. The van der Waals surface area contributed by atoms with Crippen molar-refractivity contribution in [3.63, 3.8) is 0 Å². The van der Waals surface area contributed by atoms with Crippen LogP contribution in [-0.2, 0) is 6.42 Å². The lowest BCUT2D eigenvalue weighted by Crippen LogP contribution is -1.96. The van der Waals surface area contributed by atoms with Gasteiger partial charge in [0, 0.05) is 23.0 Å². The minimum Gasteiger partial charge on any atom is -0.255 e. The molecule has 5 rings (SSSR count). The number of benzene rings is 2. The van der Waals surface area contributed by atoms with E-state index in [1.807, 2.05) is 42.6 Å². The molecule has 0 saturated carbocycles. The van der Waals surface area contributed by atoms with Gasteiger partial charge >= 0.3 is 0 Å². The minimum atomic E-state index is 0.737. The molecule has 0 saturated heterocycles. The number of rotatable bonds is 1. The van der Waals surface area contributed by atoms with Crippen LogP contribution in [0, 0.1) is 0 Å². The third-order valence-corrected chi connectivity index (χ3v) is 4.84. The lowest BCUT2D eigenvalue weighted by molar-refractivity contribution is 1.20. The second-order valence-corrected chi connectivity index (χ2v) is 6.46. The third-order valence-electron chi connectivity index (χ3n) is 4.61. The predicted molar refractivity (Wildman–Crippen MR) is 98.2 cm³/mol. The molecule has 3 heteroatoms. The molecule has 0 aliphatic heterocycles. The molecule has 1 aliphatic rings. The molecular weight excluding hydrogens is 316 g/mol. The first-order chi connectivity index (χ1) is 11.8. The summed E-state index contributed by atoms with van der Waals surface area (Å²) >= 11 is 6.26. The van der Waals surface area contributed by atoms with E-state index in [1.165, 1.54) is 22.3 Å². The summed E-state index contributed by atoms with van der Waals surface area (Å²) in [7, 11) is 0. The highest BCUT2D eigenvalue weighted by Crippen LogP contribution is 2.44. The second kappa shape index (κ2) is 5.15. The van der Waals surface area contributed by atoms with E-state index < -0.39 is 0 Å². The van der Waals surface area contributed by atoms with E-state index >= 15 is 0 Å². The standard InChI is InChI=1S/C21H13ClN2/c22-14-8-9-18-16(12-14)20-15-6-2-1-5-13(15)11-17(20)21(24-18)19-7-3-4-10-23-19/h1-10,12H,11H2. The van der Waals surface area contributed by atoms with E-state index in [0.717, 1.165) is 33.7 Å². The molecule has 0 spiro atoms. The Morgan fingerprint density at radius 2 is 1.79 bits per heavy atom. The van der Waals surface area contributed by atoms with Crippen LogP contribution >= 0.6 is 11.6 Å². The summed E-state index contributed by atoms with van der Waals surface area (Å²) in [6.45, 7) is 0. The van der Waals surface area contributed by atoms with E-state index in [4.69, 9.17) is 16.6 Å². The highest BCUT2D eigenvalue weighted by Gasteiger charge is 2.25. The molecule has 2 heterocycles. The molecule has 0 bridgehead atoms. The third kappa shape index (κ3) is 1.97. The van der Waals surface area contributed by atoms with E-state index in [0.29, 0.717) is 0 Å². The number of hydrogen-bond donors (Lipinski definition) is 0. The van der Waals surface area contributed by atoms with E-state index in [9.17, 15) is 0 Å². The Bertz CT molecular complexity index is 1090. The molecule has 114 valence electrons. The van der Waals surface area contributed by atoms with Gasteiger partial charge in [-0.25, -0.2) is 4.98 Å². The van der Waals surface area contributed by atoms with Gasteiger partial charge in [0.05, 0.1) is 16.9 Å². The first kappa shape index (κ1) is 13.7. The molecular formula is C21H13ClN2. The fourth-order valence-corrected chi connectivity index (χ4v) is 3.75. The SMILES string of the molecule is Clc1ccc2nc(-c3ccccn3)c3c(c2c1)-c1ccccc1C3. The maximum atomic E-state index is 6.26. The summed E-state index contributed by atoms with van der Waals surface area (Å²) in [4.78, 5) is 9.45. The first-order valence-corrected chi connectivity index (χ1v) is 8.31. The Labute approximate surface area is 144 Å². The highest BCUT2D eigenvalue weighted by atomic mass is 35.5. The van der Waals surface area contributed by atoms with Gasteiger partial charge in [-0.15, -0.1) is 0 Å². The van der Waals surface area contributed by atoms with Gasteiger partial charge in [-0.1, -0.05) is 41.9 Å². The van der Waals surface area contributed by atoms with Gasteiger partial charge in [0.2, 0.25) is 0 Å². The number of fused-ring (bicyclic) bond motifs is 5. The van der Waals surface area contributed by atoms with Crippen molar-refractivity contribution in [3.05, 3.63) is 83.0 Å². The zero-order chi connectivity index (χ0) is 16.1. The van der Waals surface area contributed by atoms with Crippen LogP contribution in [0.15, 0.2) is 66.9 Å². The molecule has 0 radical (unpaired) electrons. The van der Waals surface area contributed by atoms with Crippen LogP contribution in [0.1, 0.15) is 11.1 Å². The first-order valence-electron chi connectivity index (χ1n) is 7.93. The van der Waals surface area contributed by atoms with Crippen molar-refractivity contribution in [1.82, 2.24) is 9.97 Å². The number of pyridine rings is 2. The Kier molecular flexibility index (Phi) is 2.94. The lowest BCUT2D eigenvalue weighted by Gasteiger charge is -2.12. The zero-order valence-corrected chi connectivity index (χ0v) is 13.6. The zero-order valence-electron chi connectivity index (χ0n) is 12.8. The van der Waals surface area contributed by atoms with Crippen molar-refractivity contribution in [2.75, 3.05) is 0 Å². The van der Waals surface area contributed by atoms with Gasteiger partial charge in [-0.05, 0) is 52.6 Å². The van der Waals surface area contributed by atoms with Crippen LogP contribution in [0.4, 0.5) is 0 Å². The summed E-state index contributed by atoms with van der Waals surface area (Å²) in [5, 5.41) is 1.85. The molecule has 1 aliphatic carbocycles. The van der Waals surface area contributed by atoms with Crippen LogP contribution in [0.5, 0.6) is 0 Å². The van der Waals surface area contributed by atoms with Crippen molar-refractivity contribution in [3.8, 4) is 22.5 Å². The summed E-state index contributed by atoms with van der Waals surface area (Å²) in [5.41, 5.74) is 7.94. The van der Waals surface area contributed by atoms with E-state index in [1.54, 1.807) is 0 Å². The van der Waals surface area contributed by atoms with E-state index in [-0.39, 0.29) is 0 Å². The van der Waals surface area contributed by atoms with Gasteiger partial charge in [0.1, 0.15) is 0 Å².